The predicted octanol–water partition coefficient (Wildman–Crippen LogP) is 3.31. The Balaban J connectivity index is 1.66. The largest absolute Gasteiger partial charge is 0.342 e. The molecule has 0 spiro atoms. The Kier molecular flexibility index (Phi) is 5.18. The second kappa shape index (κ2) is 7.70. The third-order valence-electron chi connectivity index (χ3n) is 4.15. The van der Waals surface area contributed by atoms with E-state index in [0.29, 0.717) is 11.8 Å². The van der Waals surface area contributed by atoms with Crippen LogP contribution in [0.5, 0.6) is 0 Å². The number of aryl methyl sites for hydroxylation is 2. The lowest BCUT2D eigenvalue weighted by Crippen LogP contribution is -2.23. The molecule has 3 aromatic rings. The summed E-state index contributed by atoms with van der Waals surface area (Å²) in [4.78, 5) is 10.6. The molecular formula is C19H22N6. The maximum Gasteiger partial charge on any atom is 0.247 e. The first kappa shape index (κ1) is 16.8. The van der Waals surface area contributed by atoms with Crippen molar-refractivity contribution in [3.63, 3.8) is 0 Å². The van der Waals surface area contributed by atoms with Crippen LogP contribution in [0.4, 0.5) is 17.5 Å². The van der Waals surface area contributed by atoms with Crippen molar-refractivity contribution in [3.05, 3.63) is 65.6 Å². The molecule has 0 amide bonds. The van der Waals surface area contributed by atoms with Crippen molar-refractivity contribution in [2.45, 2.75) is 20.3 Å². The molecule has 0 aliphatic heterocycles. The summed E-state index contributed by atoms with van der Waals surface area (Å²) in [6.45, 7) is 5.00. The first-order valence-electron chi connectivity index (χ1n) is 8.26. The molecule has 0 bridgehead atoms. The Hall–Kier alpha value is -3.02. The minimum atomic E-state index is 0.600. The minimum absolute atomic E-state index is 0.600. The number of pyridine rings is 1. The van der Waals surface area contributed by atoms with Gasteiger partial charge >= 0.3 is 0 Å². The maximum absolute atomic E-state index is 4.56. The van der Waals surface area contributed by atoms with E-state index < -0.39 is 0 Å². The fourth-order valence-corrected chi connectivity index (χ4v) is 2.43. The van der Waals surface area contributed by atoms with E-state index in [1.165, 1.54) is 16.7 Å². The average molecular weight is 334 g/mol. The lowest BCUT2D eigenvalue weighted by Gasteiger charge is -2.17. The second-order valence-corrected chi connectivity index (χ2v) is 6.09. The fourth-order valence-electron chi connectivity index (χ4n) is 2.43. The summed E-state index contributed by atoms with van der Waals surface area (Å²) >= 11 is 0. The molecule has 2 heterocycles. The van der Waals surface area contributed by atoms with Gasteiger partial charge in [0.05, 0.1) is 6.20 Å². The van der Waals surface area contributed by atoms with E-state index in [1.54, 1.807) is 6.20 Å². The molecule has 6 nitrogen and oxygen atoms in total. The van der Waals surface area contributed by atoms with Crippen molar-refractivity contribution in [1.29, 1.82) is 0 Å². The first-order valence-corrected chi connectivity index (χ1v) is 8.26. The Morgan fingerprint density at radius 1 is 1.04 bits per heavy atom. The summed E-state index contributed by atoms with van der Waals surface area (Å²) in [5.41, 5.74) is 4.73. The Labute approximate surface area is 148 Å². The van der Waals surface area contributed by atoms with Gasteiger partial charge in [0.25, 0.3) is 0 Å². The molecule has 128 valence electrons. The Morgan fingerprint density at radius 3 is 2.60 bits per heavy atom. The third kappa shape index (κ3) is 4.50. The number of rotatable bonds is 6. The van der Waals surface area contributed by atoms with Gasteiger partial charge in [-0.25, -0.2) is 0 Å². The van der Waals surface area contributed by atoms with E-state index in [0.717, 1.165) is 18.7 Å². The van der Waals surface area contributed by atoms with Crippen LogP contribution in [0.2, 0.25) is 0 Å². The average Bonchev–Trinajstić information content (AvgIpc) is 2.64. The number of likely N-dealkylation sites (N-methyl/N-ethyl adjacent to an activating group) is 1. The van der Waals surface area contributed by atoms with Gasteiger partial charge in [-0.3, -0.25) is 4.98 Å². The molecule has 0 aliphatic rings. The van der Waals surface area contributed by atoms with Crippen molar-refractivity contribution in [2.75, 3.05) is 23.8 Å². The van der Waals surface area contributed by atoms with E-state index in [4.69, 9.17) is 0 Å². The Bertz CT molecular complexity index is 834. The standard InChI is InChI=1S/C19H22N6/c1-14-4-5-17(12-15(14)2)22-18-13-21-24-19(23-18)25(3)11-8-16-6-9-20-10-7-16/h4-7,9-10,12-13H,8,11H2,1-3H3,(H,22,23,24). The first-order chi connectivity index (χ1) is 12.1. The number of hydrogen-bond acceptors (Lipinski definition) is 6. The van der Waals surface area contributed by atoms with E-state index in [1.807, 2.05) is 42.5 Å². The van der Waals surface area contributed by atoms with Crippen LogP contribution in [-0.4, -0.2) is 33.8 Å². The number of nitrogens with zero attached hydrogens (tertiary/aromatic N) is 5. The smallest absolute Gasteiger partial charge is 0.247 e. The van der Waals surface area contributed by atoms with Gasteiger partial charge in [0.15, 0.2) is 5.82 Å². The maximum atomic E-state index is 4.56. The van der Waals surface area contributed by atoms with Crippen LogP contribution >= 0.6 is 0 Å². The number of benzene rings is 1. The van der Waals surface area contributed by atoms with Gasteiger partial charge in [0.1, 0.15) is 0 Å². The molecule has 2 aromatic heterocycles. The summed E-state index contributed by atoms with van der Waals surface area (Å²) < 4.78 is 0. The lowest BCUT2D eigenvalue weighted by atomic mass is 10.1. The Morgan fingerprint density at radius 2 is 1.84 bits per heavy atom. The molecule has 0 radical (unpaired) electrons. The van der Waals surface area contributed by atoms with Crippen LogP contribution < -0.4 is 10.2 Å². The van der Waals surface area contributed by atoms with Crippen LogP contribution in [-0.2, 0) is 6.42 Å². The molecule has 25 heavy (non-hydrogen) atoms. The number of anilines is 3. The number of nitrogens with one attached hydrogen (secondary N) is 1. The van der Waals surface area contributed by atoms with Gasteiger partial charge in [0, 0.05) is 31.7 Å². The zero-order chi connectivity index (χ0) is 17.6. The van der Waals surface area contributed by atoms with Crippen molar-refractivity contribution < 1.29 is 0 Å². The van der Waals surface area contributed by atoms with Gasteiger partial charge in [0.2, 0.25) is 5.95 Å². The third-order valence-corrected chi connectivity index (χ3v) is 4.15. The molecular weight excluding hydrogens is 312 g/mol. The number of aromatic nitrogens is 4. The lowest BCUT2D eigenvalue weighted by molar-refractivity contribution is 0.812. The molecule has 0 atom stereocenters. The summed E-state index contributed by atoms with van der Waals surface area (Å²) in [5, 5.41) is 11.5. The van der Waals surface area contributed by atoms with E-state index in [2.05, 4.69) is 51.5 Å². The van der Waals surface area contributed by atoms with Gasteiger partial charge in [-0.2, -0.15) is 10.1 Å². The highest BCUT2D eigenvalue weighted by molar-refractivity contribution is 5.58. The van der Waals surface area contributed by atoms with Crippen molar-refractivity contribution in [2.24, 2.45) is 0 Å². The quantitative estimate of drug-likeness (QED) is 0.746. The summed E-state index contributed by atoms with van der Waals surface area (Å²) in [7, 11) is 1.97. The summed E-state index contributed by atoms with van der Waals surface area (Å²) in [6.07, 6.45) is 6.15. The molecule has 0 aliphatic carbocycles. The number of hydrogen-bond donors (Lipinski definition) is 1. The normalized spacial score (nSPS) is 10.5. The molecule has 1 N–H and O–H groups in total. The monoisotopic (exact) mass is 334 g/mol. The van der Waals surface area contributed by atoms with Crippen molar-refractivity contribution in [1.82, 2.24) is 20.2 Å². The van der Waals surface area contributed by atoms with Crippen molar-refractivity contribution >= 4 is 17.5 Å². The highest BCUT2D eigenvalue weighted by Crippen LogP contribution is 2.18. The van der Waals surface area contributed by atoms with Gasteiger partial charge in [-0.05, 0) is 61.2 Å². The van der Waals surface area contributed by atoms with Crippen LogP contribution in [0.15, 0.2) is 48.9 Å². The van der Waals surface area contributed by atoms with Gasteiger partial charge in [-0.1, -0.05) is 6.07 Å². The fraction of sp³-hybridized carbons (Fsp3) is 0.263. The van der Waals surface area contributed by atoms with Crippen LogP contribution in [0, 0.1) is 13.8 Å². The molecule has 0 fully saturated rings. The zero-order valence-electron chi connectivity index (χ0n) is 14.8. The molecule has 1 aromatic carbocycles. The van der Waals surface area contributed by atoms with Crippen LogP contribution in [0.1, 0.15) is 16.7 Å². The van der Waals surface area contributed by atoms with E-state index >= 15 is 0 Å². The molecule has 0 saturated heterocycles. The SMILES string of the molecule is Cc1ccc(Nc2cnnc(N(C)CCc3ccncc3)n2)cc1C. The van der Waals surface area contributed by atoms with Gasteiger partial charge in [-0.15, -0.1) is 5.10 Å². The second-order valence-electron chi connectivity index (χ2n) is 6.09. The minimum Gasteiger partial charge on any atom is -0.342 e. The van der Waals surface area contributed by atoms with E-state index in [-0.39, 0.29) is 0 Å². The van der Waals surface area contributed by atoms with Crippen molar-refractivity contribution in [3.8, 4) is 0 Å². The van der Waals surface area contributed by atoms with Gasteiger partial charge < -0.3 is 10.2 Å². The zero-order valence-corrected chi connectivity index (χ0v) is 14.8. The molecule has 0 unspecified atom stereocenters. The summed E-state index contributed by atoms with van der Waals surface area (Å²) in [5.74, 6) is 1.28. The molecule has 6 heteroatoms. The summed E-state index contributed by atoms with van der Waals surface area (Å²) in [6, 6.07) is 10.3. The van der Waals surface area contributed by atoms with E-state index in [9.17, 15) is 0 Å². The molecule has 3 rings (SSSR count). The van der Waals surface area contributed by atoms with Crippen LogP contribution in [0.3, 0.4) is 0 Å². The topological polar surface area (TPSA) is 66.8 Å². The molecule has 0 saturated carbocycles. The predicted molar refractivity (Wildman–Crippen MR) is 100 cm³/mol. The highest BCUT2D eigenvalue weighted by atomic mass is 15.3. The highest BCUT2D eigenvalue weighted by Gasteiger charge is 2.07. The van der Waals surface area contributed by atoms with Crippen LogP contribution in [0.25, 0.3) is 0 Å².